The SMILES string of the molecule is CCC1=CC(C(C)(C)C)=[TeH]C(C(C)(C)C)=C1. The molecule has 0 aliphatic carbocycles. The van der Waals surface area contributed by atoms with Crippen LogP contribution in [0.3, 0.4) is 0 Å². The molecule has 0 radical (unpaired) electrons. The zero-order valence-corrected chi connectivity index (χ0v) is 14.4. The number of hydrogen-bond acceptors (Lipinski definition) is 0. The predicted molar refractivity (Wildman–Crippen MR) is 77.5 cm³/mol. The molecule has 0 aromatic heterocycles. The van der Waals surface area contributed by atoms with Crippen molar-refractivity contribution in [2.24, 2.45) is 10.8 Å². The Morgan fingerprint density at radius 2 is 1.50 bits per heavy atom. The molecule has 0 aromatic carbocycles. The van der Waals surface area contributed by atoms with Gasteiger partial charge in [0.2, 0.25) is 0 Å². The van der Waals surface area contributed by atoms with Gasteiger partial charge in [0.15, 0.2) is 0 Å². The first kappa shape index (κ1) is 14.2. The minimum atomic E-state index is -0.321. The van der Waals surface area contributed by atoms with Crippen molar-refractivity contribution in [3.8, 4) is 0 Å². The van der Waals surface area contributed by atoms with Gasteiger partial charge in [0.05, 0.1) is 0 Å². The van der Waals surface area contributed by atoms with Gasteiger partial charge in [-0.3, -0.25) is 0 Å². The van der Waals surface area contributed by atoms with Gasteiger partial charge in [-0.05, 0) is 0 Å². The molecular formula is C15H26Te. The molecule has 0 atom stereocenters. The van der Waals surface area contributed by atoms with E-state index in [1.54, 1.807) is 7.17 Å². The molecule has 1 rings (SSSR count). The van der Waals surface area contributed by atoms with Crippen LogP contribution in [0.4, 0.5) is 0 Å². The van der Waals surface area contributed by atoms with Crippen LogP contribution in [0, 0.1) is 10.8 Å². The van der Waals surface area contributed by atoms with E-state index in [1.165, 1.54) is 5.57 Å². The van der Waals surface area contributed by atoms with Crippen LogP contribution < -0.4 is 0 Å². The van der Waals surface area contributed by atoms with Crippen molar-refractivity contribution in [2.45, 2.75) is 54.9 Å². The Morgan fingerprint density at radius 3 is 1.88 bits per heavy atom. The fraction of sp³-hybridized carbons (Fsp3) is 0.667. The van der Waals surface area contributed by atoms with E-state index in [-0.39, 0.29) is 20.5 Å². The van der Waals surface area contributed by atoms with E-state index in [1.807, 2.05) is 0 Å². The third-order valence-corrected chi connectivity index (χ3v) is 8.77. The van der Waals surface area contributed by atoms with Gasteiger partial charge in [-0.25, -0.2) is 0 Å². The minimum absolute atomic E-state index is 0.321. The van der Waals surface area contributed by atoms with Crippen molar-refractivity contribution in [2.75, 3.05) is 0 Å². The molecule has 0 saturated carbocycles. The third-order valence-electron chi connectivity index (χ3n) is 2.83. The normalized spacial score (nSPS) is 18.3. The number of allylic oxidation sites excluding steroid dienone is 4. The monoisotopic (exact) mass is 336 g/mol. The maximum atomic E-state index is 2.48. The molecule has 1 heteroatoms. The molecule has 16 heavy (non-hydrogen) atoms. The van der Waals surface area contributed by atoms with E-state index in [2.05, 4.69) is 60.6 Å². The first-order valence-electron chi connectivity index (χ1n) is 6.16. The van der Waals surface area contributed by atoms with Crippen LogP contribution in [0.25, 0.3) is 0 Å². The molecule has 92 valence electrons. The summed E-state index contributed by atoms with van der Waals surface area (Å²) in [5, 5.41) is 0. The van der Waals surface area contributed by atoms with Crippen LogP contribution >= 0.6 is 0 Å². The van der Waals surface area contributed by atoms with Crippen molar-refractivity contribution in [3.63, 3.8) is 0 Å². The van der Waals surface area contributed by atoms with Crippen molar-refractivity contribution < 1.29 is 0 Å². The van der Waals surface area contributed by atoms with E-state index in [0.717, 1.165) is 6.42 Å². The van der Waals surface area contributed by atoms with E-state index < -0.39 is 0 Å². The fourth-order valence-corrected chi connectivity index (χ4v) is 5.53. The van der Waals surface area contributed by atoms with Crippen molar-refractivity contribution >= 4 is 24.0 Å². The van der Waals surface area contributed by atoms with Gasteiger partial charge in [-0.1, -0.05) is 0 Å². The third kappa shape index (κ3) is 3.57. The maximum absolute atomic E-state index is 2.48. The molecular weight excluding hydrogens is 308 g/mol. The fourth-order valence-electron chi connectivity index (χ4n) is 1.56. The van der Waals surface area contributed by atoms with Gasteiger partial charge >= 0.3 is 111 Å². The van der Waals surface area contributed by atoms with Crippen molar-refractivity contribution in [1.82, 2.24) is 0 Å². The average molecular weight is 334 g/mol. The second-order valence-corrected chi connectivity index (χ2v) is 9.99. The Bertz CT molecular complexity index is 339. The number of rotatable bonds is 1. The van der Waals surface area contributed by atoms with Crippen LogP contribution in [0.5, 0.6) is 0 Å². The van der Waals surface area contributed by atoms with E-state index in [0.29, 0.717) is 10.8 Å². The van der Waals surface area contributed by atoms with Gasteiger partial charge in [-0.15, -0.1) is 0 Å². The molecule has 0 spiro atoms. The second-order valence-electron chi connectivity index (χ2n) is 6.60. The molecule has 0 saturated heterocycles. The van der Waals surface area contributed by atoms with E-state index in [4.69, 9.17) is 0 Å². The van der Waals surface area contributed by atoms with Crippen LogP contribution in [0.1, 0.15) is 54.9 Å². The summed E-state index contributed by atoms with van der Waals surface area (Å²) in [6.45, 7) is 16.4. The Kier molecular flexibility index (Phi) is 4.25. The molecule has 0 nitrogen and oxygen atoms in total. The Hall–Kier alpha value is 0.140. The Morgan fingerprint density at radius 1 is 0.938 bits per heavy atom. The molecule has 0 aromatic rings. The van der Waals surface area contributed by atoms with Crippen LogP contribution in [-0.4, -0.2) is 24.0 Å². The van der Waals surface area contributed by atoms with E-state index >= 15 is 0 Å². The first-order valence-corrected chi connectivity index (χ1v) is 8.72. The van der Waals surface area contributed by atoms with Gasteiger partial charge in [0, 0.05) is 0 Å². The molecule has 0 amide bonds. The van der Waals surface area contributed by atoms with Gasteiger partial charge in [0.1, 0.15) is 0 Å². The molecule has 0 unspecified atom stereocenters. The molecule has 1 heterocycles. The van der Waals surface area contributed by atoms with Gasteiger partial charge < -0.3 is 0 Å². The quantitative estimate of drug-likeness (QED) is 0.638. The molecule has 1 aliphatic rings. The average Bonchev–Trinajstić information content (AvgIpc) is 2.14. The summed E-state index contributed by atoms with van der Waals surface area (Å²) in [6, 6.07) is 0. The zero-order chi connectivity index (χ0) is 12.6. The van der Waals surface area contributed by atoms with Crippen molar-refractivity contribution in [3.05, 3.63) is 21.3 Å². The standard InChI is InChI=1S/C15H26Te/c1-8-11-9-12(14(2,3)4)16-13(10-11)15(5,6)7/h9-10,16H,8H2,1-7H3. The summed E-state index contributed by atoms with van der Waals surface area (Å²) >= 11 is -0.321. The zero-order valence-electron chi connectivity index (χ0n) is 11.8. The summed E-state index contributed by atoms with van der Waals surface area (Å²) in [4.78, 5) is 0. The summed E-state index contributed by atoms with van der Waals surface area (Å²) in [6.07, 6.45) is 6.12. The van der Waals surface area contributed by atoms with Gasteiger partial charge in [-0.2, -0.15) is 0 Å². The summed E-state index contributed by atoms with van der Waals surface area (Å²) in [7, 11) is 0. The second kappa shape index (κ2) is 4.79. The van der Waals surface area contributed by atoms with Crippen LogP contribution in [0.2, 0.25) is 0 Å². The van der Waals surface area contributed by atoms with Crippen LogP contribution in [-0.2, 0) is 0 Å². The molecule has 1 aliphatic heterocycles. The predicted octanol–water partition coefficient (Wildman–Crippen LogP) is 3.92. The first-order chi connectivity index (χ1) is 7.14. The molecule has 0 N–H and O–H groups in total. The number of hydrogen-bond donors (Lipinski definition) is 0. The Balaban J connectivity index is 3.21. The molecule has 0 bridgehead atoms. The summed E-state index contributed by atoms with van der Waals surface area (Å²) < 4.78 is 3.46. The van der Waals surface area contributed by atoms with Crippen LogP contribution in [0.15, 0.2) is 21.3 Å². The summed E-state index contributed by atoms with van der Waals surface area (Å²) in [5.41, 5.74) is 2.25. The topological polar surface area (TPSA) is 0 Å². The van der Waals surface area contributed by atoms with Crippen molar-refractivity contribution in [1.29, 1.82) is 0 Å². The van der Waals surface area contributed by atoms with E-state index in [9.17, 15) is 0 Å². The molecule has 0 fully saturated rings. The summed E-state index contributed by atoms with van der Waals surface area (Å²) in [5.74, 6) is 0. The Labute approximate surface area is 111 Å². The van der Waals surface area contributed by atoms with Gasteiger partial charge in [0.25, 0.3) is 0 Å².